The van der Waals surface area contributed by atoms with Crippen LogP contribution in [0.1, 0.15) is 44.6 Å². The highest BCUT2D eigenvalue weighted by atomic mass is 32.2. The number of alkyl halides is 3. The normalized spacial score (nSPS) is 15.7. The molecule has 7 nitrogen and oxygen atoms in total. The van der Waals surface area contributed by atoms with Crippen LogP contribution >= 0.6 is 0 Å². The molecule has 1 fully saturated rings. The molecule has 0 bridgehead atoms. The number of hydrogen-bond acceptors (Lipinski definition) is 6. The molecule has 1 saturated carbocycles. The lowest BCUT2D eigenvalue weighted by molar-refractivity contribution is -0.105. The van der Waals surface area contributed by atoms with Gasteiger partial charge in [0.2, 0.25) is 11.8 Å². The lowest BCUT2D eigenvalue weighted by Crippen LogP contribution is -2.23. The number of anilines is 2. The van der Waals surface area contributed by atoms with Gasteiger partial charge in [-0.1, -0.05) is 26.2 Å². The molecule has 0 aliphatic heterocycles. The third-order valence-electron chi connectivity index (χ3n) is 5.96. The molecular weight excluding hydrogens is 479 g/mol. The van der Waals surface area contributed by atoms with Crippen molar-refractivity contribution in [2.24, 2.45) is 0 Å². The van der Waals surface area contributed by atoms with E-state index in [1.165, 1.54) is 32.4 Å². The van der Waals surface area contributed by atoms with E-state index in [1.807, 2.05) is 19.1 Å². The molecule has 35 heavy (non-hydrogen) atoms. The molecule has 0 spiro atoms. The minimum absolute atomic E-state index is 0.0337. The van der Waals surface area contributed by atoms with E-state index in [1.54, 1.807) is 12.3 Å². The third kappa shape index (κ3) is 6.39. The van der Waals surface area contributed by atoms with Gasteiger partial charge in [-0.25, -0.2) is 14.2 Å². The maximum Gasteiger partial charge on any atom is 0.402 e. The predicted octanol–water partition coefficient (Wildman–Crippen LogP) is 5.65. The van der Waals surface area contributed by atoms with Crippen molar-refractivity contribution >= 4 is 33.7 Å². The zero-order chi connectivity index (χ0) is 25.0. The van der Waals surface area contributed by atoms with Crippen LogP contribution in [0.25, 0.3) is 22.0 Å². The molecule has 2 aromatic heterocycles. The summed E-state index contributed by atoms with van der Waals surface area (Å²) < 4.78 is 56.9. The zero-order valence-electron chi connectivity index (χ0n) is 19.6. The maximum atomic E-state index is 12.5. The molecule has 4 rings (SSSR count). The van der Waals surface area contributed by atoms with Crippen LogP contribution < -0.4 is 14.8 Å². The molecule has 3 aromatic rings. The van der Waals surface area contributed by atoms with Crippen molar-refractivity contribution in [2.75, 3.05) is 22.9 Å². The summed E-state index contributed by atoms with van der Waals surface area (Å²) >= 11 is 0. The van der Waals surface area contributed by atoms with E-state index in [4.69, 9.17) is 9.72 Å². The van der Waals surface area contributed by atoms with Crippen molar-refractivity contribution in [1.82, 2.24) is 15.0 Å². The predicted molar refractivity (Wildman–Crippen MR) is 132 cm³/mol. The Bertz CT molecular complexity index is 1220. The summed E-state index contributed by atoms with van der Waals surface area (Å²) in [5.41, 5.74) is 3.37. The lowest BCUT2D eigenvalue weighted by Gasteiger charge is -2.22. The summed E-state index contributed by atoms with van der Waals surface area (Å²) in [4.78, 5) is 13.5. The Morgan fingerprint density at radius 1 is 1.14 bits per heavy atom. The molecule has 0 radical (unpaired) electrons. The van der Waals surface area contributed by atoms with Crippen LogP contribution in [0.5, 0.6) is 5.88 Å². The Hall–Kier alpha value is -2.95. The van der Waals surface area contributed by atoms with Gasteiger partial charge in [0, 0.05) is 23.2 Å². The molecule has 1 atom stereocenters. The van der Waals surface area contributed by atoms with E-state index in [-0.39, 0.29) is 11.7 Å². The first-order valence-corrected chi connectivity index (χ1v) is 12.9. The van der Waals surface area contributed by atoms with Gasteiger partial charge in [-0.05, 0) is 54.7 Å². The van der Waals surface area contributed by atoms with Crippen LogP contribution in [-0.4, -0.2) is 44.2 Å². The lowest BCUT2D eigenvalue weighted by atomic mass is 9.96. The fourth-order valence-electron chi connectivity index (χ4n) is 4.32. The fourth-order valence-corrected chi connectivity index (χ4v) is 5.03. The highest BCUT2D eigenvalue weighted by molar-refractivity contribution is 7.86. The minimum atomic E-state index is -4.54. The zero-order valence-corrected chi connectivity index (χ0v) is 20.4. The molecule has 0 amide bonds. The Morgan fingerprint density at radius 3 is 2.60 bits per heavy atom. The van der Waals surface area contributed by atoms with E-state index < -0.39 is 22.9 Å². The van der Waals surface area contributed by atoms with Crippen molar-refractivity contribution in [3.05, 3.63) is 36.0 Å². The van der Waals surface area contributed by atoms with Gasteiger partial charge in [-0.15, -0.1) is 0 Å². The molecule has 188 valence electrons. The Kier molecular flexibility index (Phi) is 7.73. The van der Waals surface area contributed by atoms with Crippen LogP contribution in [0, 0.1) is 0 Å². The van der Waals surface area contributed by atoms with Crippen LogP contribution in [0.3, 0.4) is 0 Å². The van der Waals surface area contributed by atoms with E-state index in [0.29, 0.717) is 17.6 Å². The number of nitrogens with one attached hydrogen (secondary N) is 2. The Morgan fingerprint density at radius 2 is 1.91 bits per heavy atom. The average Bonchev–Trinajstić information content (AvgIpc) is 2.82. The van der Waals surface area contributed by atoms with Crippen molar-refractivity contribution in [3.8, 4) is 17.0 Å². The first kappa shape index (κ1) is 25.2. The second kappa shape index (κ2) is 10.8. The first-order chi connectivity index (χ1) is 16.8. The standard InChI is InChI=1S/C24H28F3N5O2S/c1-3-15-11-16(12-17-13-28-23(31-21(15)17)29-18-7-5-4-6-8-18)19-9-10-20(30-22(19)34-2)32-35(33)14-24(25,26)27/h9-13,18H,3-8,14H2,1-2H3,(H,30,32)(H,28,29,31). The molecule has 1 aromatic carbocycles. The number of methoxy groups -OCH3 is 1. The summed E-state index contributed by atoms with van der Waals surface area (Å²) in [6.07, 6.45) is 3.97. The van der Waals surface area contributed by atoms with Gasteiger partial charge in [-0.3, -0.25) is 4.72 Å². The summed E-state index contributed by atoms with van der Waals surface area (Å²) in [7, 11) is -0.920. The molecule has 1 aliphatic rings. The van der Waals surface area contributed by atoms with E-state index in [0.717, 1.165) is 41.3 Å². The SMILES string of the molecule is CCc1cc(-c2ccc(NS(=O)CC(F)(F)F)nc2OC)cc2cnc(NC3CCCCC3)nc12. The largest absolute Gasteiger partial charge is 0.480 e. The molecule has 2 heterocycles. The van der Waals surface area contributed by atoms with Crippen molar-refractivity contribution in [3.63, 3.8) is 0 Å². The topological polar surface area (TPSA) is 89.0 Å². The highest BCUT2D eigenvalue weighted by Gasteiger charge is 2.31. The van der Waals surface area contributed by atoms with Crippen molar-refractivity contribution in [1.29, 1.82) is 0 Å². The quantitative estimate of drug-likeness (QED) is 0.410. The number of fused-ring (bicyclic) bond motifs is 1. The number of aromatic nitrogens is 3. The minimum Gasteiger partial charge on any atom is -0.480 e. The summed E-state index contributed by atoms with van der Waals surface area (Å²) in [6, 6.07) is 7.51. The Labute approximate surface area is 204 Å². The smallest absolute Gasteiger partial charge is 0.402 e. The van der Waals surface area contributed by atoms with Crippen LogP contribution in [-0.2, 0) is 17.4 Å². The van der Waals surface area contributed by atoms with Crippen molar-refractivity contribution in [2.45, 2.75) is 57.7 Å². The number of rotatable bonds is 8. The van der Waals surface area contributed by atoms with Gasteiger partial charge in [0.05, 0.1) is 12.6 Å². The van der Waals surface area contributed by atoms with Gasteiger partial charge < -0.3 is 10.1 Å². The molecule has 1 aliphatic carbocycles. The molecule has 11 heteroatoms. The van der Waals surface area contributed by atoms with Gasteiger partial charge in [-0.2, -0.15) is 18.2 Å². The number of benzene rings is 1. The van der Waals surface area contributed by atoms with Crippen LogP contribution in [0.2, 0.25) is 0 Å². The molecule has 2 N–H and O–H groups in total. The fraction of sp³-hybridized carbons (Fsp3) is 0.458. The summed E-state index contributed by atoms with van der Waals surface area (Å²) in [5, 5.41) is 4.34. The number of pyridine rings is 1. The van der Waals surface area contributed by atoms with Gasteiger partial charge in [0.15, 0.2) is 0 Å². The Balaban J connectivity index is 1.62. The third-order valence-corrected chi connectivity index (χ3v) is 6.99. The average molecular weight is 508 g/mol. The molecule has 0 saturated heterocycles. The molecule has 1 unspecified atom stereocenters. The molecular formula is C24H28F3N5O2S. The van der Waals surface area contributed by atoms with Crippen molar-refractivity contribution < 1.29 is 22.1 Å². The van der Waals surface area contributed by atoms with Crippen LogP contribution in [0.4, 0.5) is 24.9 Å². The number of ether oxygens (including phenoxy) is 1. The number of halogens is 3. The van der Waals surface area contributed by atoms with E-state index in [9.17, 15) is 17.4 Å². The number of aryl methyl sites for hydroxylation is 1. The van der Waals surface area contributed by atoms with Gasteiger partial charge >= 0.3 is 6.18 Å². The van der Waals surface area contributed by atoms with E-state index >= 15 is 0 Å². The summed E-state index contributed by atoms with van der Waals surface area (Å²) in [6.45, 7) is 2.05. The first-order valence-electron chi connectivity index (χ1n) is 11.6. The monoisotopic (exact) mass is 507 g/mol. The number of hydrogen-bond donors (Lipinski definition) is 2. The van der Waals surface area contributed by atoms with E-state index in [2.05, 4.69) is 20.0 Å². The number of nitrogens with zero attached hydrogens (tertiary/aromatic N) is 3. The second-order valence-electron chi connectivity index (χ2n) is 8.56. The van der Waals surface area contributed by atoms with Gasteiger partial charge in [0.1, 0.15) is 22.6 Å². The maximum absolute atomic E-state index is 12.5. The highest BCUT2D eigenvalue weighted by Crippen LogP contribution is 2.34. The van der Waals surface area contributed by atoms with Gasteiger partial charge in [0.25, 0.3) is 0 Å². The summed E-state index contributed by atoms with van der Waals surface area (Å²) in [5.74, 6) is -0.599. The van der Waals surface area contributed by atoms with Crippen LogP contribution in [0.15, 0.2) is 30.5 Å². The second-order valence-corrected chi connectivity index (χ2v) is 9.74.